The highest BCUT2D eigenvalue weighted by Gasteiger charge is 2.42. The molecule has 0 amide bonds. The molecule has 1 fully saturated rings. The number of rotatable bonds is 3. The second-order valence-electron chi connectivity index (χ2n) is 5.46. The lowest BCUT2D eigenvalue weighted by molar-refractivity contribution is -0.184. The van der Waals surface area contributed by atoms with Gasteiger partial charge in [0, 0.05) is 5.02 Å². The normalized spacial score (nSPS) is 24.9. The van der Waals surface area contributed by atoms with E-state index in [9.17, 15) is 17.6 Å². The maximum atomic E-state index is 13.4. The summed E-state index contributed by atoms with van der Waals surface area (Å²) in [5.74, 6) is 3.73. The first-order valence-electron chi connectivity index (χ1n) is 6.80. The van der Waals surface area contributed by atoms with Gasteiger partial charge in [-0.2, -0.15) is 13.2 Å². The Bertz CT molecular complexity index is 484. The molecule has 1 aromatic carbocycles. The molecule has 1 aromatic rings. The Labute approximate surface area is 125 Å². The van der Waals surface area contributed by atoms with Crippen LogP contribution in [0.4, 0.5) is 17.6 Å². The molecular weight excluding hydrogens is 308 g/mol. The third kappa shape index (κ3) is 3.87. The predicted octanol–water partition coefficient (Wildman–Crippen LogP) is 4.35. The first kappa shape index (κ1) is 16.5. The molecule has 1 saturated carbocycles. The van der Waals surface area contributed by atoms with Crippen LogP contribution in [0.25, 0.3) is 0 Å². The van der Waals surface area contributed by atoms with Gasteiger partial charge in [-0.25, -0.2) is 4.39 Å². The summed E-state index contributed by atoms with van der Waals surface area (Å²) in [6.45, 7) is 0. The van der Waals surface area contributed by atoms with Crippen LogP contribution in [-0.4, -0.2) is 6.18 Å². The molecule has 0 bridgehead atoms. The average Bonchev–Trinajstić information content (AvgIpc) is 2.43. The highest BCUT2D eigenvalue weighted by molar-refractivity contribution is 6.31. The number of alkyl halides is 3. The third-order valence-corrected chi connectivity index (χ3v) is 4.52. The summed E-state index contributed by atoms with van der Waals surface area (Å²) in [7, 11) is 0. The molecule has 0 aliphatic heterocycles. The highest BCUT2D eigenvalue weighted by atomic mass is 35.5. The summed E-state index contributed by atoms with van der Waals surface area (Å²) in [6, 6.07) is 3.50. The minimum absolute atomic E-state index is 0.0687. The van der Waals surface area contributed by atoms with Crippen molar-refractivity contribution >= 4 is 11.6 Å². The zero-order valence-electron chi connectivity index (χ0n) is 11.3. The fourth-order valence-electron chi connectivity index (χ4n) is 3.01. The van der Waals surface area contributed by atoms with Gasteiger partial charge in [-0.3, -0.25) is 11.3 Å². The maximum Gasteiger partial charge on any atom is 0.391 e. The number of nitrogens with one attached hydrogen (secondary N) is 1. The predicted molar refractivity (Wildman–Crippen MR) is 73.0 cm³/mol. The monoisotopic (exact) mass is 324 g/mol. The van der Waals surface area contributed by atoms with E-state index in [1.54, 1.807) is 0 Å². The van der Waals surface area contributed by atoms with E-state index in [0.717, 1.165) is 0 Å². The van der Waals surface area contributed by atoms with E-state index in [1.807, 2.05) is 0 Å². The van der Waals surface area contributed by atoms with Crippen molar-refractivity contribution < 1.29 is 17.6 Å². The molecule has 2 rings (SSSR count). The van der Waals surface area contributed by atoms with Crippen LogP contribution < -0.4 is 11.3 Å². The van der Waals surface area contributed by atoms with Gasteiger partial charge in [0.05, 0.1) is 12.0 Å². The lowest BCUT2D eigenvalue weighted by Crippen LogP contribution is -2.37. The Morgan fingerprint density at radius 1 is 1.19 bits per heavy atom. The molecule has 1 unspecified atom stereocenters. The molecule has 1 aliphatic carbocycles. The highest BCUT2D eigenvalue weighted by Crippen LogP contribution is 2.43. The van der Waals surface area contributed by atoms with Crippen molar-refractivity contribution in [2.45, 2.75) is 37.9 Å². The molecule has 2 nitrogen and oxygen atoms in total. The summed E-state index contributed by atoms with van der Waals surface area (Å²) >= 11 is 6.05. The quantitative estimate of drug-likeness (QED) is 0.493. The fourth-order valence-corrected chi connectivity index (χ4v) is 3.25. The summed E-state index contributed by atoms with van der Waals surface area (Å²) in [5, 5.41) is 0.359. The van der Waals surface area contributed by atoms with E-state index in [0.29, 0.717) is 23.4 Å². The molecule has 0 saturated heterocycles. The molecule has 3 N–H and O–H groups in total. The van der Waals surface area contributed by atoms with Crippen LogP contribution in [0.5, 0.6) is 0 Å². The smallest absolute Gasteiger partial charge is 0.271 e. The van der Waals surface area contributed by atoms with Gasteiger partial charge in [-0.15, -0.1) is 0 Å². The van der Waals surface area contributed by atoms with Gasteiger partial charge < -0.3 is 0 Å². The van der Waals surface area contributed by atoms with Gasteiger partial charge in [0.15, 0.2) is 0 Å². The molecule has 0 heterocycles. The lowest BCUT2D eigenvalue weighted by Gasteiger charge is -2.34. The van der Waals surface area contributed by atoms with Gasteiger partial charge in [0.1, 0.15) is 5.82 Å². The molecular formula is C14H17ClF4N2. The molecule has 1 aliphatic rings. The fraction of sp³-hybridized carbons (Fsp3) is 0.571. The maximum absolute atomic E-state index is 13.4. The van der Waals surface area contributed by atoms with Gasteiger partial charge in [-0.05, 0) is 55.4 Å². The number of hydrogen-bond acceptors (Lipinski definition) is 2. The third-order valence-electron chi connectivity index (χ3n) is 4.18. The van der Waals surface area contributed by atoms with Crippen LogP contribution in [0.2, 0.25) is 5.02 Å². The Balaban J connectivity index is 2.11. The van der Waals surface area contributed by atoms with Crippen LogP contribution in [0.1, 0.15) is 37.3 Å². The number of hydrazine groups is 1. The van der Waals surface area contributed by atoms with Crippen molar-refractivity contribution in [1.82, 2.24) is 5.43 Å². The average molecular weight is 325 g/mol. The van der Waals surface area contributed by atoms with Gasteiger partial charge in [0.25, 0.3) is 0 Å². The van der Waals surface area contributed by atoms with Crippen LogP contribution >= 0.6 is 11.6 Å². The van der Waals surface area contributed by atoms with Crippen molar-refractivity contribution in [2.24, 2.45) is 17.7 Å². The Kier molecular flexibility index (Phi) is 5.11. The second kappa shape index (κ2) is 6.50. The second-order valence-corrected chi connectivity index (χ2v) is 5.87. The lowest BCUT2D eigenvalue weighted by atomic mass is 9.76. The first-order chi connectivity index (χ1) is 9.82. The Morgan fingerprint density at radius 3 is 2.33 bits per heavy atom. The van der Waals surface area contributed by atoms with Crippen molar-refractivity contribution in [3.05, 3.63) is 34.6 Å². The molecule has 21 heavy (non-hydrogen) atoms. The van der Waals surface area contributed by atoms with Gasteiger partial charge in [0.2, 0.25) is 0 Å². The van der Waals surface area contributed by atoms with Crippen molar-refractivity contribution in [1.29, 1.82) is 0 Å². The number of benzene rings is 1. The Morgan fingerprint density at radius 2 is 1.81 bits per heavy atom. The van der Waals surface area contributed by atoms with E-state index < -0.39 is 24.0 Å². The van der Waals surface area contributed by atoms with E-state index in [1.165, 1.54) is 18.2 Å². The molecule has 0 aromatic heterocycles. The van der Waals surface area contributed by atoms with Crippen LogP contribution in [0.15, 0.2) is 18.2 Å². The van der Waals surface area contributed by atoms with E-state index >= 15 is 0 Å². The van der Waals surface area contributed by atoms with E-state index in [2.05, 4.69) is 5.43 Å². The minimum atomic E-state index is -4.15. The van der Waals surface area contributed by atoms with Crippen molar-refractivity contribution in [3.63, 3.8) is 0 Å². The van der Waals surface area contributed by atoms with Gasteiger partial charge in [-0.1, -0.05) is 11.6 Å². The molecule has 1 atom stereocenters. The number of hydrogen-bond donors (Lipinski definition) is 2. The Hall–Kier alpha value is -0.850. The zero-order chi connectivity index (χ0) is 15.6. The van der Waals surface area contributed by atoms with Crippen LogP contribution in [0, 0.1) is 17.7 Å². The van der Waals surface area contributed by atoms with Crippen molar-refractivity contribution in [2.75, 3.05) is 0 Å². The van der Waals surface area contributed by atoms with Crippen molar-refractivity contribution in [3.8, 4) is 0 Å². The minimum Gasteiger partial charge on any atom is -0.271 e. The van der Waals surface area contributed by atoms with Gasteiger partial charge >= 0.3 is 6.18 Å². The summed E-state index contributed by atoms with van der Waals surface area (Å²) in [5.41, 5.74) is 3.07. The number of nitrogens with two attached hydrogens (primary N) is 1. The van der Waals surface area contributed by atoms with E-state index in [-0.39, 0.29) is 18.8 Å². The molecule has 7 heteroatoms. The first-order valence-corrected chi connectivity index (χ1v) is 7.18. The van der Waals surface area contributed by atoms with Crippen LogP contribution in [0.3, 0.4) is 0 Å². The molecule has 0 radical (unpaired) electrons. The zero-order valence-corrected chi connectivity index (χ0v) is 12.0. The number of halogens is 5. The van der Waals surface area contributed by atoms with Crippen LogP contribution in [-0.2, 0) is 0 Å². The standard InChI is InChI=1S/C14H17ClF4N2/c15-12-6-5-10(16)7-11(12)13(21-20)8-1-3-9(4-2-8)14(17,18)19/h5-9,13,21H,1-4,20H2. The SMILES string of the molecule is NNC(c1cc(F)ccc1Cl)C1CCC(C(F)(F)F)CC1. The van der Waals surface area contributed by atoms with E-state index in [4.69, 9.17) is 17.4 Å². The molecule has 118 valence electrons. The molecule has 0 spiro atoms. The summed E-state index contributed by atoms with van der Waals surface area (Å²) < 4.78 is 51.4. The summed E-state index contributed by atoms with van der Waals surface area (Å²) in [6.07, 6.45) is -3.25. The topological polar surface area (TPSA) is 38.0 Å². The largest absolute Gasteiger partial charge is 0.391 e. The summed E-state index contributed by atoms with van der Waals surface area (Å²) in [4.78, 5) is 0.